The molecule has 0 heterocycles. The van der Waals surface area contributed by atoms with E-state index < -0.39 is 11.9 Å². The fourth-order valence-electron chi connectivity index (χ4n) is 4.00. The van der Waals surface area contributed by atoms with Crippen LogP contribution in [-0.4, -0.2) is 17.0 Å². The van der Waals surface area contributed by atoms with E-state index in [4.69, 9.17) is 4.74 Å². The minimum Gasteiger partial charge on any atom is -0.478 e. The van der Waals surface area contributed by atoms with Crippen molar-refractivity contribution < 1.29 is 19.4 Å². The molecule has 0 spiro atoms. The highest BCUT2D eigenvalue weighted by molar-refractivity contribution is 6.02. The summed E-state index contributed by atoms with van der Waals surface area (Å²) in [5.74, 6) is -1.71. The van der Waals surface area contributed by atoms with Crippen LogP contribution in [0.4, 0.5) is 0 Å². The molecular formula is C28H38O4. The highest BCUT2D eigenvalue weighted by Crippen LogP contribution is 2.26. The summed E-state index contributed by atoms with van der Waals surface area (Å²) < 4.78 is 5.80. The largest absolute Gasteiger partial charge is 0.478 e. The normalized spacial score (nSPS) is 11.8. The first-order chi connectivity index (χ1) is 15.6. The van der Waals surface area contributed by atoms with Gasteiger partial charge in [0.2, 0.25) is 0 Å². The summed E-state index contributed by atoms with van der Waals surface area (Å²) in [6.45, 7) is 2.25. The smallest absolute Gasteiger partial charge is 0.339 e. The monoisotopic (exact) mass is 438 g/mol. The summed E-state index contributed by atoms with van der Waals surface area (Å²) in [5.41, 5.74) is 1.01. The molecule has 1 atom stereocenters. The third-order valence-electron chi connectivity index (χ3n) is 5.87. The van der Waals surface area contributed by atoms with Crippen LogP contribution in [0.3, 0.4) is 0 Å². The minimum absolute atomic E-state index is 0.0287. The van der Waals surface area contributed by atoms with E-state index in [9.17, 15) is 14.7 Å². The van der Waals surface area contributed by atoms with Crippen molar-refractivity contribution in [1.29, 1.82) is 0 Å². The second-order valence-electron chi connectivity index (χ2n) is 8.48. The maximum atomic E-state index is 12.8. The third-order valence-corrected chi connectivity index (χ3v) is 5.87. The molecular weight excluding hydrogens is 400 g/mol. The lowest BCUT2D eigenvalue weighted by molar-refractivity contribution is 0.0265. The molecule has 0 bridgehead atoms. The van der Waals surface area contributed by atoms with E-state index in [0.717, 1.165) is 24.8 Å². The molecule has 4 heteroatoms. The Morgan fingerprint density at radius 2 is 1.22 bits per heavy atom. The lowest BCUT2D eigenvalue weighted by Crippen LogP contribution is -2.15. The molecule has 2 aromatic carbocycles. The van der Waals surface area contributed by atoms with Gasteiger partial charge in [0.05, 0.1) is 11.1 Å². The molecule has 32 heavy (non-hydrogen) atoms. The number of ether oxygens (including phenoxy) is 1. The van der Waals surface area contributed by atoms with Gasteiger partial charge in [-0.05, 0) is 30.5 Å². The van der Waals surface area contributed by atoms with Crippen molar-refractivity contribution in [3.63, 3.8) is 0 Å². The number of hydrogen-bond donors (Lipinski definition) is 1. The zero-order valence-electron chi connectivity index (χ0n) is 19.4. The molecule has 0 amide bonds. The fraction of sp³-hybridized carbons (Fsp3) is 0.500. The molecule has 2 aromatic rings. The van der Waals surface area contributed by atoms with Gasteiger partial charge in [-0.15, -0.1) is 0 Å². The average Bonchev–Trinajstić information content (AvgIpc) is 2.82. The maximum absolute atomic E-state index is 12.8. The van der Waals surface area contributed by atoms with Crippen LogP contribution in [0.2, 0.25) is 0 Å². The minimum atomic E-state index is -1.13. The fourth-order valence-corrected chi connectivity index (χ4v) is 4.00. The van der Waals surface area contributed by atoms with Gasteiger partial charge in [-0.25, -0.2) is 9.59 Å². The van der Waals surface area contributed by atoms with Gasteiger partial charge in [-0.1, -0.05) is 114 Å². The van der Waals surface area contributed by atoms with Crippen molar-refractivity contribution in [2.24, 2.45) is 0 Å². The Bertz CT molecular complexity index is 800. The summed E-state index contributed by atoms with van der Waals surface area (Å²) in [6, 6.07) is 15.9. The van der Waals surface area contributed by atoms with E-state index in [0.29, 0.717) is 0 Å². The quantitative estimate of drug-likeness (QED) is 0.213. The lowest BCUT2D eigenvalue weighted by Gasteiger charge is -2.19. The summed E-state index contributed by atoms with van der Waals surface area (Å²) in [5, 5.41) is 9.37. The first kappa shape index (κ1) is 25.6. The van der Waals surface area contributed by atoms with Crippen molar-refractivity contribution in [2.45, 2.75) is 90.1 Å². The Morgan fingerprint density at radius 3 is 1.78 bits per heavy atom. The second kappa shape index (κ2) is 15.2. The van der Waals surface area contributed by atoms with Gasteiger partial charge in [0, 0.05) is 0 Å². The number of carboxylic acid groups (broad SMARTS) is 1. The number of carboxylic acids is 1. The van der Waals surface area contributed by atoms with Crippen LogP contribution >= 0.6 is 0 Å². The van der Waals surface area contributed by atoms with Crippen LogP contribution in [0.5, 0.6) is 0 Å². The van der Waals surface area contributed by atoms with Crippen molar-refractivity contribution in [2.75, 3.05) is 0 Å². The van der Waals surface area contributed by atoms with Crippen LogP contribution in [0.15, 0.2) is 54.6 Å². The van der Waals surface area contributed by atoms with Crippen molar-refractivity contribution in [3.8, 4) is 0 Å². The van der Waals surface area contributed by atoms with Gasteiger partial charge in [0.25, 0.3) is 0 Å². The molecule has 1 N–H and O–H groups in total. The first-order valence-electron chi connectivity index (χ1n) is 12.2. The third kappa shape index (κ3) is 9.25. The standard InChI is InChI=1S/C28H38O4/c1-2-3-4-5-6-7-8-9-10-11-15-22-26(23-18-13-12-14-19-23)32-28(31)25-21-17-16-20-24(25)27(29)30/h12-14,16-21,26H,2-11,15,22H2,1H3,(H,29,30). The number of rotatable bonds is 16. The van der Waals surface area contributed by atoms with Crippen molar-refractivity contribution in [3.05, 3.63) is 71.3 Å². The maximum Gasteiger partial charge on any atom is 0.339 e. The van der Waals surface area contributed by atoms with Gasteiger partial charge in [0.1, 0.15) is 6.10 Å². The molecule has 0 fully saturated rings. The first-order valence-corrected chi connectivity index (χ1v) is 12.2. The molecule has 0 saturated carbocycles. The summed E-state index contributed by atoms with van der Waals surface area (Å²) in [7, 11) is 0. The predicted molar refractivity (Wildman–Crippen MR) is 129 cm³/mol. The predicted octanol–water partition coefficient (Wildman–Crippen LogP) is 7.98. The van der Waals surface area contributed by atoms with E-state index in [1.54, 1.807) is 12.1 Å². The van der Waals surface area contributed by atoms with Crippen LogP contribution in [0.25, 0.3) is 0 Å². The SMILES string of the molecule is CCCCCCCCCCCCCC(OC(=O)c1ccccc1C(=O)O)c1ccccc1. The van der Waals surface area contributed by atoms with Crippen molar-refractivity contribution in [1.82, 2.24) is 0 Å². The van der Waals surface area contributed by atoms with Gasteiger partial charge in [-0.2, -0.15) is 0 Å². The van der Waals surface area contributed by atoms with Gasteiger partial charge in [0.15, 0.2) is 0 Å². The van der Waals surface area contributed by atoms with Gasteiger partial charge >= 0.3 is 11.9 Å². The molecule has 4 nitrogen and oxygen atoms in total. The highest BCUT2D eigenvalue weighted by atomic mass is 16.5. The Labute approximate surface area is 193 Å². The Balaban J connectivity index is 1.81. The van der Waals surface area contributed by atoms with Crippen LogP contribution in [0.1, 0.15) is 116 Å². The topological polar surface area (TPSA) is 63.6 Å². The molecule has 1 unspecified atom stereocenters. The van der Waals surface area contributed by atoms with Crippen molar-refractivity contribution >= 4 is 11.9 Å². The van der Waals surface area contributed by atoms with Crippen LogP contribution in [-0.2, 0) is 4.74 Å². The number of benzene rings is 2. The molecule has 0 aromatic heterocycles. The summed E-state index contributed by atoms with van der Waals surface area (Å²) in [4.78, 5) is 24.2. The Kier molecular flexibility index (Phi) is 12.2. The zero-order valence-corrected chi connectivity index (χ0v) is 19.4. The molecule has 0 saturated heterocycles. The van der Waals surface area contributed by atoms with E-state index >= 15 is 0 Å². The molecule has 2 rings (SSSR count). The average molecular weight is 439 g/mol. The number of hydrogen-bond acceptors (Lipinski definition) is 3. The Hall–Kier alpha value is -2.62. The zero-order chi connectivity index (χ0) is 23.0. The molecule has 0 aliphatic rings. The Morgan fingerprint density at radius 1 is 0.719 bits per heavy atom. The van der Waals surface area contributed by atoms with Crippen LogP contribution < -0.4 is 0 Å². The van der Waals surface area contributed by atoms with E-state index in [-0.39, 0.29) is 17.2 Å². The van der Waals surface area contributed by atoms with E-state index in [1.807, 2.05) is 30.3 Å². The number of unbranched alkanes of at least 4 members (excludes halogenated alkanes) is 10. The molecule has 0 radical (unpaired) electrons. The number of aromatic carboxylic acids is 1. The second-order valence-corrected chi connectivity index (χ2v) is 8.48. The number of carbonyl (C=O) groups excluding carboxylic acids is 1. The lowest BCUT2D eigenvalue weighted by atomic mass is 10.0. The van der Waals surface area contributed by atoms with Crippen LogP contribution in [0, 0.1) is 0 Å². The summed E-state index contributed by atoms with van der Waals surface area (Å²) >= 11 is 0. The highest BCUT2D eigenvalue weighted by Gasteiger charge is 2.22. The number of carbonyl (C=O) groups is 2. The van der Waals surface area contributed by atoms with E-state index in [1.165, 1.54) is 69.9 Å². The number of esters is 1. The van der Waals surface area contributed by atoms with Gasteiger partial charge < -0.3 is 9.84 Å². The van der Waals surface area contributed by atoms with Gasteiger partial charge in [-0.3, -0.25) is 0 Å². The molecule has 0 aliphatic heterocycles. The molecule has 174 valence electrons. The summed E-state index contributed by atoms with van der Waals surface area (Å²) in [6.07, 6.45) is 14.3. The molecule has 0 aliphatic carbocycles. The van der Waals surface area contributed by atoms with E-state index in [2.05, 4.69) is 6.92 Å².